The zero-order chi connectivity index (χ0) is 17.0. The van der Waals surface area contributed by atoms with E-state index in [-0.39, 0.29) is 11.3 Å². The fraction of sp³-hybridized carbons (Fsp3) is 0.316. The van der Waals surface area contributed by atoms with E-state index in [9.17, 15) is 4.79 Å². The van der Waals surface area contributed by atoms with Gasteiger partial charge in [-0.25, -0.2) is 0 Å². The molecule has 4 heteroatoms. The second-order valence-corrected chi connectivity index (χ2v) is 6.38. The molecule has 2 aromatic rings. The Balaban J connectivity index is 2.19. The summed E-state index contributed by atoms with van der Waals surface area (Å²) in [6, 6.07) is 12.9. The van der Waals surface area contributed by atoms with Gasteiger partial charge in [0.05, 0.1) is 14.2 Å². The summed E-state index contributed by atoms with van der Waals surface area (Å²) in [6.45, 7) is 6.43. The van der Waals surface area contributed by atoms with E-state index in [4.69, 9.17) is 9.47 Å². The number of benzene rings is 2. The van der Waals surface area contributed by atoms with Crippen LogP contribution in [0.1, 0.15) is 36.7 Å². The van der Waals surface area contributed by atoms with Crippen molar-refractivity contribution in [2.45, 2.75) is 26.2 Å². The Kier molecular flexibility index (Phi) is 4.94. The van der Waals surface area contributed by atoms with Gasteiger partial charge in [-0.15, -0.1) is 0 Å². The van der Waals surface area contributed by atoms with Gasteiger partial charge < -0.3 is 14.8 Å². The molecule has 23 heavy (non-hydrogen) atoms. The number of nitrogens with one attached hydrogen (secondary N) is 1. The Hall–Kier alpha value is -2.49. The Morgan fingerprint density at radius 1 is 0.913 bits per heavy atom. The van der Waals surface area contributed by atoms with Crippen LogP contribution in [0.3, 0.4) is 0 Å². The van der Waals surface area contributed by atoms with Gasteiger partial charge >= 0.3 is 0 Å². The molecule has 2 rings (SSSR count). The van der Waals surface area contributed by atoms with Crippen molar-refractivity contribution in [1.29, 1.82) is 0 Å². The molecule has 0 heterocycles. The molecule has 0 saturated heterocycles. The summed E-state index contributed by atoms with van der Waals surface area (Å²) in [7, 11) is 3.15. The fourth-order valence-corrected chi connectivity index (χ4v) is 2.20. The van der Waals surface area contributed by atoms with Gasteiger partial charge in [0.25, 0.3) is 5.91 Å². The van der Waals surface area contributed by atoms with Crippen LogP contribution in [0.15, 0.2) is 42.5 Å². The fourth-order valence-electron chi connectivity index (χ4n) is 2.20. The van der Waals surface area contributed by atoms with Crippen LogP contribution in [0.5, 0.6) is 11.5 Å². The van der Waals surface area contributed by atoms with E-state index >= 15 is 0 Å². The molecule has 0 aliphatic carbocycles. The van der Waals surface area contributed by atoms with Gasteiger partial charge in [-0.05, 0) is 23.1 Å². The van der Waals surface area contributed by atoms with Gasteiger partial charge in [-0.3, -0.25) is 4.79 Å². The molecular formula is C19H23NO3. The summed E-state index contributed by atoms with van der Waals surface area (Å²) in [5, 5.41) is 2.87. The molecule has 0 spiro atoms. The maximum Gasteiger partial charge on any atom is 0.255 e. The standard InChI is InChI=1S/C19H23NO3/c1-19(2,3)14-8-6-13(7-9-14)18(21)20-15-10-16(22-4)12-17(11-15)23-5/h6-12H,1-5H3,(H,20,21). The summed E-state index contributed by atoms with van der Waals surface area (Å²) in [4.78, 5) is 12.4. The number of anilines is 1. The first kappa shape index (κ1) is 16.9. The molecule has 0 aliphatic heterocycles. The third-order valence-corrected chi connectivity index (χ3v) is 3.62. The smallest absolute Gasteiger partial charge is 0.255 e. The molecular weight excluding hydrogens is 290 g/mol. The highest BCUT2D eigenvalue weighted by atomic mass is 16.5. The van der Waals surface area contributed by atoms with Crippen molar-refractivity contribution in [2.75, 3.05) is 19.5 Å². The van der Waals surface area contributed by atoms with Crippen LogP contribution in [-0.4, -0.2) is 20.1 Å². The maximum absolute atomic E-state index is 12.4. The predicted molar refractivity (Wildman–Crippen MR) is 92.6 cm³/mol. The van der Waals surface area contributed by atoms with Crippen LogP contribution < -0.4 is 14.8 Å². The topological polar surface area (TPSA) is 47.6 Å². The van der Waals surface area contributed by atoms with Crippen molar-refractivity contribution in [2.24, 2.45) is 0 Å². The largest absolute Gasteiger partial charge is 0.497 e. The zero-order valence-corrected chi connectivity index (χ0v) is 14.3. The Bertz CT molecular complexity index is 663. The van der Waals surface area contributed by atoms with Crippen molar-refractivity contribution >= 4 is 11.6 Å². The highest BCUT2D eigenvalue weighted by Gasteiger charge is 2.14. The van der Waals surface area contributed by atoms with Crippen LogP contribution in [0.2, 0.25) is 0 Å². The molecule has 0 unspecified atom stereocenters. The minimum absolute atomic E-state index is 0.0647. The van der Waals surface area contributed by atoms with Crippen LogP contribution in [0.25, 0.3) is 0 Å². The summed E-state index contributed by atoms with van der Waals surface area (Å²) < 4.78 is 10.4. The lowest BCUT2D eigenvalue weighted by atomic mass is 9.87. The van der Waals surface area contributed by atoms with E-state index < -0.39 is 0 Å². The Morgan fingerprint density at radius 2 is 1.43 bits per heavy atom. The number of amides is 1. The number of hydrogen-bond acceptors (Lipinski definition) is 3. The van der Waals surface area contributed by atoms with Crippen molar-refractivity contribution in [1.82, 2.24) is 0 Å². The van der Waals surface area contributed by atoms with Crippen molar-refractivity contribution < 1.29 is 14.3 Å². The number of carbonyl (C=O) groups is 1. The second kappa shape index (κ2) is 6.73. The molecule has 1 amide bonds. The summed E-state index contributed by atoms with van der Waals surface area (Å²) >= 11 is 0. The number of carbonyl (C=O) groups excluding carboxylic acids is 1. The Morgan fingerprint density at radius 3 is 1.87 bits per heavy atom. The first-order valence-corrected chi connectivity index (χ1v) is 7.48. The van der Waals surface area contributed by atoms with Crippen LogP contribution in [0.4, 0.5) is 5.69 Å². The maximum atomic E-state index is 12.4. The third-order valence-electron chi connectivity index (χ3n) is 3.62. The summed E-state index contributed by atoms with van der Waals surface area (Å²) in [5.74, 6) is 1.09. The number of methoxy groups -OCH3 is 2. The summed E-state index contributed by atoms with van der Waals surface area (Å²) in [6.07, 6.45) is 0. The average molecular weight is 313 g/mol. The van der Waals surface area contributed by atoms with Crippen LogP contribution in [0, 0.1) is 0 Å². The SMILES string of the molecule is COc1cc(NC(=O)c2ccc(C(C)(C)C)cc2)cc(OC)c1. The first-order valence-electron chi connectivity index (χ1n) is 7.48. The molecule has 0 aliphatic rings. The average Bonchev–Trinajstić information content (AvgIpc) is 2.53. The first-order chi connectivity index (χ1) is 10.8. The van der Waals surface area contributed by atoms with E-state index in [1.54, 1.807) is 32.4 Å². The van der Waals surface area contributed by atoms with Gasteiger partial charge in [0, 0.05) is 29.4 Å². The Labute approximate surface area is 137 Å². The van der Waals surface area contributed by atoms with E-state index in [1.165, 1.54) is 5.56 Å². The van der Waals surface area contributed by atoms with Crippen molar-refractivity contribution in [3.05, 3.63) is 53.6 Å². The van der Waals surface area contributed by atoms with Gasteiger partial charge in [0.1, 0.15) is 11.5 Å². The second-order valence-electron chi connectivity index (χ2n) is 6.38. The molecule has 0 radical (unpaired) electrons. The highest BCUT2D eigenvalue weighted by Crippen LogP contribution is 2.26. The monoisotopic (exact) mass is 313 g/mol. The van der Waals surface area contributed by atoms with Gasteiger partial charge in [-0.1, -0.05) is 32.9 Å². The zero-order valence-electron chi connectivity index (χ0n) is 14.3. The molecule has 0 bridgehead atoms. The lowest BCUT2D eigenvalue weighted by Crippen LogP contribution is -2.14. The highest BCUT2D eigenvalue weighted by molar-refractivity contribution is 6.04. The lowest BCUT2D eigenvalue weighted by molar-refractivity contribution is 0.102. The van der Waals surface area contributed by atoms with E-state index in [2.05, 4.69) is 26.1 Å². The summed E-state index contributed by atoms with van der Waals surface area (Å²) in [5.41, 5.74) is 2.50. The van der Waals surface area contributed by atoms with Crippen LogP contribution >= 0.6 is 0 Å². The molecule has 2 aromatic carbocycles. The predicted octanol–water partition coefficient (Wildman–Crippen LogP) is 4.25. The lowest BCUT2D eigenvalue weighted by Gasteiger charge is -2.19. The van der Waals surface area contributed by atoms with Crippen molar-refractivity contribution in [3.63, 3.8) is 0 Å². The molecule has 1 N–H and O–H groups in total. The van der Waals surface area contributed by atoms with Gasteiger partial charge in [0.15, 0.2) is 0 Å². The van der Waals surface area contributed by atoms with Gasteiger partial charge in [0.2, 0.25) is 0 Å². The van der Waals surface area contributed by atoms with E-state index in [1.807, 2.05) is 24.3 Å². The molecule has 122 valence electrons. The molecule has 0 fully saturated rings. The van der Waals surface area contributed by atoms with Gasteiger partial charge in [-0.2, -0.15) is 0 Å². The molecule has 0 atom stereocenters. The normalized spacial score (nSPS) is 11.0. The third kappa shape index (κ3) is 4.25. The van der Waals surface area contributed by atoms with E-state index in [0.717, 1.165) is 0 Å². The van der Waals surface area contributed by atoms with Crippen molar-refractivity contribution in [3.8, 4) is 11.5 Å². The quantitative estimate of drug-likeness (QED) is 0.917. The number of hydrogen-bond donors (Lipinski definition) is 1. The minimum atomic E-state index is -0.166. The van der Waals surface area contributed by atoms with Crippen LogP contribution in [-0.2, 0) is 5.41 Å². The molecule has 0 saturated carbocycles. The van der Waals surface area contributed by atoms with E-state index in [0.29, 0.717) is 22.7 Å². The number of ether oxygens (including phenoxy) is 2. The number of rotatable bonds is 4. The minimum Gasteiger partial charge on any atom is -0.497 e. The molecule has 4 nitrogen and oxygen atoms in total. The molecule has 0 aromatic heterocycles.